The minimum absolute atomic E-state index is 0.0132. The van der Waals surface area contributed by atoms with E-state index in [0.717, 1.165) is 11.3 Å². The lowest BCUT2D eigenvalue weighted by atomic mass is 10.1. The average Bonchev–Trinajstić information content (AvgIpc) is 3.15. The molecule has 0 amide bonds. The Labute approximate surface area is 142 Å². The Morgan fingerprint density at radius 3 is 2.40 bits per heavy atom. The number of nitrogens with zero attached hydrogens (tertiary/aromatic N) is 3. The Morgan fingerprint density at radius 1 is 1.08 bits per heavy atom. The lowest BCUT2D eigenvalue weighted by Crippen LogP contribution is -2.02. The second-order valence-electron chi connectivity index (χ2n) is 5.03. The Morgan fingerprint density at radius 2 is 1.80 bits per heavy atom. The van der Waals surface area contributed by atoms with Crippen LogP contribution in [0.1, 0.15) is 15.9 Å². The van der Waals surface area contributed by atoms with Gasteiger partial charge in [0.15, 0.2) is 5.78 Å². The van der Waals surface area contributed by atoms with Crippen molar-refractivity contribution in [1.29, 1.82) is 0 Å². The van der Waals surface area contributed by atoms with Crippen LogP contribution in [-0.2, 0) is 0 Å². The number of alkyl halides is 2. The van der Waals surface area contributed by atoms with Crippen molar-refractivity contribution in [3.63, 3.8) is 0 Å². The average molecular weight is 341 g/mol. The molecule has 0 N–H and O–H groups in total. The molecule has 0 atom stereocenters. The summed E-state index contributed by atoms with van der Waals surface area (Å²) < 4.78 is 30.1. The van der Waals surface area contributed by atoms with Gasteiger partial charge in [-0.25, -0.2) is 9.67 Å². The molecule has 3 aromatic rings. The highest BCUT2D eigenvalue weighted by atomic mass is 19.3. The molecule has 0 fully saturated rings. The highest BCUT2D eigenvalue weighted by Crippen LogP contribution is 2.16. The number of ether oxygens (including phenoxy) is 1. The lowest BCUT2D eigenvalue weighted by Gasteiger charge is -2.04. The fourth-order valence-electron chi connectivity index (χ4n) is 2.15. The Hall–Kier alpha value is -3.35. The van der Waals surface area contributed by atoms with Gasteiger partial charge in [0.25, 0.3) is 0 Å². The molecule has 1 heterocycles. The number of hydrogen-bond donors (Lipinski definition) is 0. The maximum Gasteiger partial charge on any atom is 0.387 e. The first-order valence-corrected chi connectivity index (χ1v) is 7.34. The molecule has 0 radical (unpaired) electrons. The maximum atomic E-state index is 12.1. The zero-order chi connectivity index (χ0) is 17.6. The molecule has 1 aromatic heterocycles. The summed E-state index contributed by atoms with van der Waals surface area (Å²) in [6.07, 6.45) is 6.14. The van der Waals surface area contributed by atoms with Crippen molar-refractivity contribution in [1.82, 2.24) is 14.8 Å². The quantitative estimate of drug-likeness (QED) is 0.506. The summed E-state index contributed by atoms with van der Waals surface area (Å²) in [4.78, 5) is 16.0. The first kappa shape index (κ1) is 16.5. The number of halogens is 2. The van der Waals surface area contributed by atoms with E-state index in [4.69, 9.17) is 0 Å². The van der Waals surface area contributed by atoms with E-state index in [0.29, 0.717) is 5.56 Å². The normalized spacial score (nSPS) is 11.2. The van der Waals surface area contributed by atoms with Crippen LogP contribution in [0, 0.1) is 0 Å². The summed E-state index contributed by atoms with van der Waals surface area (Å²) in [5, 5.41) is 4.03. The van der Waals surface area contributed by atoms with Crippen LogP contribution in [0.25, 0.3) is 11.8 Å². The van der Waals surface area contributed by atoms with Gasteiger partial charge in [0.1, 0.15) is 18.4 Å². The van der Waals surface area contributed by atoms with Crippen LogP contribution in [0.5, 0.6) is 5.75 Å². The summed E-state index contributed by atoms with van der Waals surface area (Å²) in [5.74, 6) is -0.219. The van der Waals surface area contributed by atoms with E-state index in [2.05, 4.69) is 14.8 Å². The van der Waals surface area contributed by atoms with Crippen molar-refractivity contribution in [3.8, 4) is 11.4 Å². The molecule has 0 aliphatic rings. The lowest BCUT2D eigenvalue weighted by molar-refractivity contribution is -0.0498. The zero-order valence-corrected chi connectivity index (χ0v) is 12.9. The number of benzene rings is 2. The van der Waals surface area contributed by atoms with E-state index >= 15 is 0 Å². The largest absolute Gasteiger partial charge is 0.435 e. The molecule has 3 rings (SSSR count). The monoisotopic (exact) mass is 341 g/mol. The van der Waals surface area contributed by atoms with Gasteiger partial charge >= 0.3 is 6.61 Å². The first-order valence-electron chi connectivity index (χ1n) is 7.34. The van der Waals surface area contributed by atoms with Crippen molar-refractivity contribution in [2.75, 3.05) is 0 Å². The summed E-state index contributed by atoms with van der Waals surface area (Å²) in [5.41, 5.74) is 2.09. The number of hydrogen-bond acceptors (Lipinski definition) is 4. The number of rotatable bonds is 6. The minimum atomic E-state index is -2.89. The van der Waals surface area contributed by atoms with E-state index in [1.165, 1.54) is 36.7 Å². The van der Waals surface area contributed by atoms with Gasteiger partial charge in [0, 0.05) is 5.56 Å². The third-order valence-corrected chi connectivity index (χ3v) is 3.37. The molecule has 5 nitrogen and oxygen atoms in total. The molecule has 0 saturated carbocycles. The highest BCUT2D eigenvalue weighted by Gasteiger charge is 2.06. The van der Waals surface area contributed by atoms with Crippen LogP contribution in [-0.4, -0.2) is 27.2 Å². The van der Waals surface area contributed by atoms with Gasteiger partial charge in [0.05, 0.1) is 5.69 Å². The van der Waals surface area contributed by atoms with Gasteiger partial charge in [0.2, 0.25) is 0 Å². The van der Waals surface area contributed by atoms with Crippen molar-refractivity contribution >= 4 is 11.9 Å². The second-order valence-corrected chi connectivity index (χ2v) is 5.03. The molecular weight excluding hydrogens is 328 g/mol. The molecule has 0 aliphatic heterocycles. The molecule has 0 spiro atoms. The predicted octanol–water partition coefficient (Wildman–Crippen LogP) is 3.76. The highest BCUT2D eigenvalue weighted by molar-refractivity contribution is 6.06. The molecule has 0 bridgehead atoms. The Kier molecular flexibility index (Phi) is 4.94. The first-order chi connectivity index (χ1) is 12.1. The molecule has 25 heavy (non-hydrogen) atoms. The van der Waals surface area contributed by atoms with Gasteiger partial charge in [-0.3, -0.25) is 4.79 Å². The number of carbonyl (C=O) groups excluding carboxylic acids is 1. The summed E-state index contributed by atoms with van der Waals surface area (Å²) >= 11 is 0. The predicted molar refractivity (Wildman–Crippen MR) is 87.8 cm³/mol. The molecule has 126 valence electrons. The SMILES string of the molecule is O=C(C=Cc1ccc(-n2cncn2)cc1)c1ccc(OC(F)F)cc1. The third-order valence-electron chi connectivity index (χ3n) is 3.37. The number of allylic oxidation sites excluding steroid dienone is 1. The number of carbonyl (C=O) groups is 1. The van der Waals surface area contributed by atoms with Crippen molar-refractivity contribution < 1.29 is 18.3 Å². The Balaban J connectivity index is 1.66. The van der Waals surface area contributed by atoms with E-state index in [1.807, 2.05) is 24.3 Å². The van der Waals surface area contributed by atoms with Crippen molar-refractivity contribution in [3.05, 3.63) is 78.4 Å². The molecule has 7 heteroatoms. The van der Waals surface area contributed by atoms with Crippen molar-refractivity contribution in [2.45, 2.75) is 6.61 Å². The molecule has 2 aromatic carbocycles. The van der Waals surface area contributed by atoms with E-state index in [1.54, 1.807) is 17.1 Å². The van der Waals surface area contributed by atoms with E-state index < -0.39 is 6.61 Å². The standard InChI is InChI=1S/C18H13F2N3O2/c19-18(20)25-16-8-4-14(5-9-16)17(24)10-3-13-1-6-15(7-2-13)23-12-21-11-22-23/h1-12,18H. The zero-order valence-electron chi connectivity index (χ0n) is 12.9. The van der Waals surface area contributed by atoms with Crippen LogP contribution < -0.4 is 4.74 Å². The van der Waals surface area contributed by atoms with Gasteiger partial charge in [-0.1, -0.05) is 18.2 Å². The van der Waals surface area contributed by atoms with Crippen LogP contribution in [0.2, 0.25) is 0 Å². The van der Waals surface area contributed by atoms with Gasteiger partial charge in [-0.15, -0.1) is 0 Å². The fourth-order valence-corrected chi connectivity index (χ4v) is 2.15. The molecular formula is C18H13F2N3O2. The number of aromatic nitrogens is 3. The third kappa shape index (κ3) is 4.35. The molecule has 0 unspecified atom stereocenters. The van der Waals surface area contributed by atoms with Crippen molar-refractivity contribution in [2.24, 2.45) is 0 Å². The van der Waals surface area contributed by atoms with E-state index in [-0.39, 0.29) is 11.5 Å². The minimum Gasteiger partial charge on any atom is -0.435 e. The molecule has 0 saturated heterocycles. The van der Waals surface area contributed by atoms with Crippen LogP contribution in [0.3, 0.4) is 0 Å². The van der Waals surface area contributed by atoms with Crippen LogP contribution in [0.15, 0.2) is 67.3 Å². The smallest absolute Gasteiger partial charge is 0.387 e. The van der Waals surface area contributed by atoms with Gasteiger partial charge in [-0.2, -0.15) is 13.9 Å². The van der Waals surface area contributed by atoms with Gasteiger partial charge in [-0.05, 0) is 48.0 Å². The summed E-state index contributed by atoms with van der Waals surface area (Å²) in [6.45, 7) is -2.89. The number of ketones is 1. The van der Waals surface area contributed by atoms with Crippen LogP contribution >= 0.6 is 0 Å². The maximum absolute atomic E-state index is 12.1. The Bertz CT molecular complexity index is 858. The summed E-state index contributed by atoms with van der Waals surface area (Å²) in [6, 6.07) is 13.0. The summed E-state index contributed by atoms with van der Waals surface area (Å²) in [7, 11) is 0. The fraction of sp³-hybridized carbons (Fsp3) is 0.0556. The second kappa shape index (κ2) is 7.48. The van der Waals surface area contributed by atoms with E-state index in [9.17, 15) is 13.6 Å². The molecule has 0 aliphatic carbocycles. The topological polar surface area (TPSA) is 57.0 Å². The van der Waals surface area contributed by atoms with Crippen LogP contribution in [0.4, 0.5) is 8.78 Å². The van der Waals surface area contributed by atoms with Gasteiger partial charge < -0.3 is 4.74 Å².